The molecular weight excluding hydrogens is 268 g/mol. The van der Waals surface area contributed by atoms with Gasteiger partial charge >= 0.3 is 5.97 Å². The summed E-state index contributed by atoms with van der Waals surface area (Å²) >= 11 is 0. The fraction of sp³-hybridized carbons (Fsp3) is 0.562. The molecule has 0 aliphatic carbocycles. The number of ether oxygens (including phenoxy) is 1. The molecule has 0 aromatic heterocycles. The quantitative estimate of drug-likeness (QED) is 0.870. The summed E-state index contributed by atoms with van der Waals surface area (Å²) in [6, 6.07) is 8.47. The molecule has 5 nitrogen and oxygen atoms in total. The molecular formula is C16H24N2O3. The smallest absolute Gasteiger partial charge is 0.303 e. The van der Waals surface area contributed by atoms with E-state index in [2.05, 4.69) is 28.9 Å². The molecule has 0 saturated carbocycles. The zero-order valence-electron chi connectivity index (χ0n) is 12.8. The molecule has 0 radical (unpaired) electrons. The third-order valence-corrected chi connectivity index (χ3v) is 4.15. The van der Waals surface area contributed by atoms with Crippen LogP contribution in [0.1, 0.15) is 19.8 Å². The fourth-order valence-electron chi connectivity index (χ4n) is 2.73. The summed E-state index contributed by atoms with van der Waals surface area (Å²) in [6.45, 7) is 6.03. The SMILES string of the molecule is COc1ccc(N2CCN(C(C)CCC(=O)O)CC2)cc1. The Morgan fingerprint density at radius 1 is 1.24 bits per heavy atom. The standard InChI is InChI=1S/C16H24N2O3/c1-13(3-8-16(19)20)17-9-11-18(12-10-17)14-4-6-15(21-2)7-5-14/h4-7,13H,3,8-12H2,1-2H3,(H,19,20). The molecule has 116 valence electrons. The summed E-state index contributed by atoms with van der Waals surface area (Å²) in [5, 5.41) is 8.76. The van der Waals surface area contributed by atoms with Crippen LogP contribution in [-0.2, 0) is 4.79 Å². The second-order valence-corrected chi connectivity index (χ2v) is 5.50. The molecule has 1 atom stereocenters. The first-order chi connectivity index (χ1) is 10.1. The molecule has 0 bridgehead atoms. The number of methoxy groups -OCH3 is 1. The summed E-state index contributed by atoms with van der Waals surface area (Å²) in [4.78, 5) is 15.4. The molecule has 1 saturated heterocycles. The lowest BCUT2D eigenvalue weighted by Crippen LogP contribution is -2.49. The normalized spacial score (nSPS) is 17.5. The predicted molar refractivity (Wildman–Crippen MR) is 83.1 cm³/mol. The maximum Gasteiger partial charge on any atom is 0.303 e. The van der Waals surface area contributed by atoms with Crippen LogP contribution in [0.4, 0.5) is 5.69 Å². The first-order valence-corrected chi connectivity index (χ1v) is 7.45. The number of carboxylic acids is 1. The van der Waals surface area contributed by atoms with Crippen molar-refractivity contribution in [3.05, 3.63) is 24.3 Å². The van der Waals surface area contributed by atoms with Gasteiger partial charge in [-0.25, -0.2) is 0 Å². The molecule has 1 aliphatic heterocycles. The van der Waals surface area contributed by atoms with E-state index in [1.54, 1.807) is 7.11 Å². The average Bonchev–Trinajstić information content (AvgIpc) is 2.53. The molecule has 1 N–H and O–H groups in total. The number of piperazine rings is 1. The van der Waals surface area contributed by atoms with Crippen molar-refractivity contribution < 1.29 is 14.6 Å². The number of rotatable bonds is 6. The van der Waals surface area contributed by atoms with E-state index in [9.17, 15) is 4.79 Å². The van der Waals surface area contributed by atoms with Gasteiger partial charge in [-0.1, -0.05) is 0 Å². The Morgan fingerprint density at radius 3 is 2.38 bits per heavy atom. The van der Waals surface area contributed by atoms with Crippen LogP contribution in [0.25, 0.3) is 0 Å². The second-order valence-electron chi connectivity index (χ2n) is 5.50. The number of hydrogen-bond donors (Lipinski definition) is 1. The van der Waals surface area contributed by atoms with Crippen LogP contribution in [-0.4, -0.2) is 55.3 Å². The van der Waals surface area contributed by atoms with Crippen molar-refractivity contribution >= 4 is 11.7 Å². The highest BCUT2D eigenvalue weighted by Crippen LogP contribution is 2.21. The third kappa shape index (κ3) is 4.36. The molecule has 1 unspecified atom stereocenters. The minimum Gasteiger partial charge on any atom is -0.497 e. The Balaban J connectivity index is 1.83. The number of hydrogen-bond acceptors (Lipinski definition) is 4. The van der Waals surface area contributed by atoms with Crippen molar-refractivity contribution in [1.82, 2.24) is 4.90 Å². The predicted octanol–water partition coefficient (Wildman–Crippen LogP) is 2.07. The zero-order valence-corrected chi connectivity index (χ0v) is 12.8. The molecule has 1 aromatic carbocycles. The lowest BCUT2D eigenvalue weighted by Gasteiger charge is -2.39. The van der Waals surface area contributed by atoms with Gasteiger partial charge in [-0.3, -0.25) is 9.69 Å². The van der Waals surface area contributed by atoms with Crippen molar-refractivity contribution in [2.45, 2.75) is 25.8 Å². The van der Waals surface area contributed by atoms with Crippen LogP contribution in [0, 0.1) is 0 Å². The van der Waals surface area contributed by atoms with Gasteiger partial charge in [0.25, 0.3) is 0 Å². The largest absolute Gasteiger partial charge is 0.497 e. The molecule has 2 rings (SSSR count). The topological polar surface area (TPSA) is 53.0 Å². The molecule has 0 amide bonds. The van der Waals surface area contributed by atoms with Crippen LogP contribution in [0.15, 0.2) is 24.3 Å². The number of nitrogens with zero attached hydrogens (tertiary/aromatic N) is 2. The maximum absolute atomic E-state index is 10.6. The van der Waals surface area contributed by atoms with Gasteiger partial charge < -0.3 is 14.7 Å². The Hall–Kier alpha value is -1.75. The van der Waals surface area contributed by atoms with Crippen LogP contribution < -0.4 is 9.64 Å². The van der Waals surface area contributed by atoms with Crippen LogP contribution in [0.5, 0.6) is 5.75 Å². The molecule has 1 heterocycles. The van der Waals surface area contributed by atoms with Gasteiger partial charge in [0.05, 0.1) is 7.11 Å². The Labute approximate surface area is 126 Å². The van der Waals surface area contributed by atoms with E-state index in [1.807, 2.05) is 12.1 Å². The second kappa shape index (κ2) is 7.31. The van der Waals surface area contributed by atoms with Crippen molar-refractivity contribution in [2.75, 3.05) is 38.2 Å². The molecule has 1 aromatic rings. The van der Waals surface area contributed by atoms with E-state index in [-0.39, 0.29) is 6.42 Å². The summed E-state index contributed by atoms with van der Waals surface area (Å²) in [5.74, 6) is 0.165. The minimum absolute atomic E-state index is 0.250. The highest BCUT2D eigenvalue weighted by atomic mass is 16.5. The van der Waals surface area contributed by atoms with Crippen molar-refractivity contribution in [3.63, 3.8) is 0 Å². The Kier molecular flexibility index (Phi) is 5.44. The first kappa shape index (κ1) is 15.6. The van der Waals surface area contributed by atoms with Gasteiger partial charge in [-0.05, 0) is 37.6 Å². The summed E-state index contributed by atoms with van der Waals surface area (Å²) in [6.07, 6.45) is 0.970. The number of benzene rings is 1. The van der Waals surface area contributed by atoms with E-state index in [4.69, 9.17) is 9.84 Å². The van der Waals surface area contributed by atoms with Gasteiger partial charge in [0.2, 0.25) is 0 Å². The average molecular weight is 292 g/mol. The Bertz CT molecular complexity index is 453. The zero-order chi connectivity index (χ0) is 15.2. The van der Waals surface area contributed by atoms with Crippen molar-refractivity contribution in [3.8, 4) is 5.75 Å². The third-order valence-electron chi connectivity index (χ3n) is 4.15. The van der Waals surface area contributed by atoms with E-state index in [0.29, 0.717) is 6.04 Å². The highest BCUT2D eigenvalue weighted by molar-refractivity contribution is 5.66. The monoisotopic (exact) mass is 292 g/mol. The summed E-state index contributed by atoms with van der Waals surface area (Å²) < 4.78 is 5.18. The van der Waals surface area contributed by atoms with Gasteiger partial charge in [0.15, 0.2) is 0 Å². The van der Waals surface area contributed by atoms with Gasteiger partial charge in [0.1, 0.15) is 5.75 Å². The molecule has 1 fully saturated rings. The lowest BCUT2D eigenvalue weighted by atomic mass is 10.1. The molecule has 1 aliphatic rings. The van der Waals surface area contributed by atoms with Crippen molar-refractivity contribution in [2.24, 2.45) is 0 Å². The van der Waals surface area contributed by atoms with Gasteiger partial charge in [0, 0.05) is 44.3 Å². The van der Waals surface area contributed by atoms with Crippen molar-refractivity contribution in [1.29, 1.82) is 0 Å². The molecule has 21 heavy (non-hydrogen) atoms. The number of carboxylic acid groups (broad SMARTS) is 1. The summed E-state index contributed by atoms with van der Waals surface area (Å²) in [5.41, 5.74) is 1.22. The number of aliphatic carboxylic acids is 1. The maximum atomic E-state index is 10.6. The van der Waals surface area contributed by atoms with E-state index in [0.717, 1.165) is 38.3 Å². The van der Waals surface area contributed by atoms with Crippen LogP contribution in [0.3, 0.4) is 0 Å². The minimum atomic E-state index is -0.710. The fourth-order valence-corrected chi connectivity index (χ4v) is 2.73. The highest BCUT2D eigenvalue weighted by Gasteiger charge is 2.21. The van der Waals surface area contributed by atoms with E-state index in [1.165, 1.54) is 5.69 Å². The number of anilines is 1. The first-order valence-electron chi connectivity index (χ1n) is 7.45. The lowest BCUT2D eigenvalue weighted by molar-refractivity contribution is -0.137. The van der Waals surface area contributed by atoms with Gasteiger partial charge in [-0.15, -0.1) is 0 Å². The molecule has 5 heteroatoms. The van der Waals surface area contributed by atoms with Gasteiger partial charge in [-0.2, -0.15) is 0 Å². The summed E-state index contributed by atoms with van der Waals surface area (Å²) in [7, 11) is 1.67. The Morgan fingerprint density at radius 2 is 1.86 bits per heavy atom. The number of carbonyl (C=O) groups is 1. The van der Waals surface area contributed by atoms with E-state index >= 15 is 0 Å². The molecule has 0 spiro atoms. The van der Waals surface area contributed by atoms with E-state index < -0.39 is 5.97 Å². The van der Waals surface area contributed by atoms with Crippen LogP contribution >= 0.6 is 0 Å². The van der Waals surface area contributed by atoms with Crippen LogP contribution in [0.2, 0.25) is 0 Å².